The Morgan fingerprint density at radius 2 is 2.17 bits per heavy atom. The summed E-state index contributed by atoms with van der Waals surface area (Å²) in [4.78, 5) is 18.3. The molecule has 1 heterocycles. The van der Waals surface area contributed by atoms with Crippen LogP contribution < -0.4 is 0 Å². The molecular weight excluding hydrogens is 319 g/mol. The van der Waals surface area contributed by atoms with E-state index in [4.69, 9.17) is 5.26 Å². The highest BCUT2D eigenvalue weighted by atomic mass is 19.4. The van der Waals surface area contributed by atoms with Crippen molar-refractivity contribution in [1.29, 1.82) is 5.26 Å². The van der Waals surface area contributed by atoms with Crippen LogP contribution in [-0.2, 0) is 11.3 Å². The largest absolute Gasteiger partial charge is 0.391 e. The van der Waals surface area contributed by atoms with Crippen LogP contribution in [0.5, 0.6) is 0 Å². The molecule has 4 nitrogen and oxygen atoms in total. The van der Waals surface area contributed by atoms with Gasteiger partial charge in [0.2, 0.25) is 5.91 Å². The molecule has 0 spiro atoms. The minimum atomic E-state index is -4.25. The molecule has 1 aliphatic carbocycles. The first-order valence-corrected chi connectivity index (χ1v) is 8.04. The normalized spacial score (nSPS) is 21.1. The van der Waals surface area contributed by atoms with Gasteiger partial charge in [-0.1, -0.05) is 12.5 Å². The van der Waals surface area contributed by atoms with Crippen molar-refractivity contribution < 1.29 is 18.0 Å². The third-order valence-electron chi connectivity index (χ3n) is 4.37. The van der Waals surface area contributed by atoms with Crippen LogP contribution in [0, 0.1) is 23.2 Å². The third-order valence-corrected chi connectivity index (χ3v) is 4.37. The highest BCUT2D eigenvalue weighted by Gasteiger charge is 2.44. The molecule has 0 N–H and O–H groups in total. The van der Waals surface area contributed by atoms with E-state index in [1.165, 1.54) is 4.90 Å². The molecule has 1 aromatic heterocycles. The number of aromatic nitrogens is 1. The van der Waals surface area contributed by atoms with Gasteiger partial charge in [0, 0.05) is 18.7 Å². The van der Waals surface area contributed by atoms with Crippen LogP contribution in [0.2, 0.25) is 0 Å². The highest BCUT2D eigenvalue weighted by Crippen LogP contribution is 2.40. The standard InChI is InChI=1S/C17H20F3N3O/c18-17(19,20)14-6-3-5-13(11-14)16(24)23(10-4-8-21)12-15-7-1-2-9-22-15/h1-2,7,9,13-14H,3-6,10-12H2/t13-,14+/m0/s1. The van der Waals surface area contributed by atoms with Crippen molar-refractivity contribution >= 4 is 5.91 Å². The molecule has 1 saturated carbocycles. The van der Waals surface area contributed by atoms with E-state index in [-0.39, 0.29) is 38.3 Å². The summed E-state index contributed by atoms with van der Waals surface area (Å²) < 4.78 is 38.9. The van der Waals surface area contributed by atoms with Crippen LogP contribution in [0.25, 0.3) is 0 Å². The summed E-state index contributed by atoms with van der Waals surface area (Å²) in [5, 5.41) is 8.77. The molecule has 1 amide bonds. The molecule has 1 aromatic rings. The van der Waals surface area contributed by atoms with Gasteiger partial charge in [0.25, 0.3) is 0 Å². The zero-order chi connectivity index (χ0) is 17.6. The number of nitrogens with zero attached hydrogens (tertiary/aromatic N) is 3. The number of carbonyl (C=O) groups excluding carboxylic acids is 1. The van der Waals surface area contributed by atoms with Crippen LogP contribution in [0.1, 0.15) is 37.8 Å². The summed E-state index contributed by atoms with van der Waals surface area (Å²) in [6.07, 6.45) is -1.71. The summed E-state index contributed by atoms with van der Waals surface area (Å²) in [6, 6.07) is 7.27. The van der Waals surface area contributed by atoms with Crippen LogP contribution in [-0.4, -0.2) is 28.5 Å². The van der Waals surface area contributed by atoms with Gasteiger partial charge in [-0.25, -0.2) is 0 Å². The average molecular weight is 339 g/mol. The molecule has 24 heavy (non-hydrogen) atoms. The zero-order valence-corrected chi connectivity index (χ0v) is 13.3. The minimum absolute atomic E-state index is 0.0890. The Bertz CT molecular complexity index is 583. The van der Waals surface area contributed by atoms with Crippen LogP contribution in [0.3, 0.4) is 0 Å². The monoisotopic (exact) mass is 339 g/mol. The first-order valence-electron chi connectivity index (χ1n) is 8.04. The van der Waals surface area contributed by atoms with E-state index in [2.05, 4.69) is 4.98 Å². The first-order chi connectivity index (χ1) is 11.4. The predicted molar refractivity (Wildman–Crippen MR) is 81.4 cm³/mol. The summed E-state index contributed by atoms with van der Waals surface area (Å²) in [5.74, 6) is -2.34. The lowest BCUT2D eigenvalue weighted by Crippen LogP contribution is -2.40. The maximum absolute atomic E-state index is 13.0. The number of amides is 1. The van der Waals surface area contributed by atoms with Crippen molar-refractivity contribution in [3.8, 4) is 6.07 Å². The molecule has 1 aliphatic rings. The van der Waals surface area contributed by atoms with Crippen molar-refractivity contribution in [2.45, 2.75) is 44.8 Å². The molecule has 0 bridgehead atoms. The van der Waals surface area contributed by atoms with E-state index >= 15 is 0 Å². The fourth-order valence-electron chi connectivity index (χ4n) is 3.11. The quantitative estimate of drug-likeness (QED) is 0.822. The molecule has 0 unspecified atom stereocenters. The van der Waals surface area contributed by atoms with Crippen molar-refractivity contribution in [3.63, 3.8) is 0 Å². The van der Waals surface area contributed by atoms with E-state index in [0.29, 0.717) is 18.5 Å². The summed E-state index contributed by atoms with van der Waals surface area (Å²) >= 11 is 0. The minimum Gasteiger partial charge on any atom is -0.336 e. The topological polar surface area (TPSA) is 57.0 Å². The number of alkyl halides is 3. The lowest BCUT2D eigenvalue weighted by molar-refractivity contribution is -0.187. The second-order valence-electron chi connectivity index (χ2n) is 6.09. The number of carbonyl (C=O) groups is 1. The zero-order valence-electron chi connectivity index (χ0n) is 13.3. The highest BCUT2D eigenvalue weighted by molar-refractivity contribution is 5.79. The van der Waals surface area contributed by atoms with Gasteiger partial charge in [0.15, 0.2) is 0 Å². The summed E-state index contributed by atoms with van der Waals surface area (Å²) in [5.41, 5.74) is 0.659. The van der Waals surface area contributed by atoms with Gasteiger partial charge in [-0.3, -0.25) is 9.78 Å². The molecule has 1 fully saturated rings. The van der Waals surface area contributed by atoms with Gasteiger partial charge in [0.05, 0.1) is 30.6 Å². The number of hydrogen-bond acceptors (Lipinski definition) is 3. The fourth-order valence-corrected chi connectivity index (χ4v) is 3.11. The van der Waals surface area contributed by atoms with E-state index < -0.39 is 18.0 Å². The molecule has 0 radical (unpaired) electrons. The van der Waals surface area contributed by atoms with Crippen LogP contribution in [0.15, 0.2) is 24.4 Å². The second kappa shape index (κ2) is 8.13. The Morgan fingerprint density at radius 3 is 2.79 bits per heavy atom. The molecule has 0 aromatic carbocycles. The van der Waals surface area contributed by atoms with Crippen LogP contribution >= 0.6 is 0 Å². The smallest absolute Gasteiger partial charge is 0.336 e. The van der Waals surface area contributed by atoms with E-state index in [1.807, 2.05) is 6.07 Å². The van der Waals surface area contributed by atoms with E-state index in [9.17, 15) is 18.0 Å². The Kier molecular flexibility index (Phi) is 6.18. The van der Waals surface area contributed by atoms with Crippen molar-refractivity contribution in [1.82, 2.24) is 9.88 Å². The number of nitriles is 1. The number of halogens is 3. The molecule has 0 saturated heterocycles. The van der Waals surface area contributed by atoms with Gasteiger partial charge in [-0.2, -0.15) is 18.4 Å². The molecule has 7 heteroatoms. The molecule has 130 valence electrons. The Labute approximate surface area is 139 Å². The first kappa shape index (κ1) is 18.2. The third kappa shape index (κ3) is 4.95. The van der Waals surface area contributed by atoms with Crippen molar-refractivity contribution in [2.24, 2.45) is 11.8 Å². The lowest BCUT2D eigenvalue weighted by Gasteiger charge is -2.33. The van der Waals surface area contributed by atoms with Gasteiger partial charge in [-0.15, -0.1) is 0 Å². The average Bonchev–Trinajstić information content (AvgIpc) is 2.58. The van der Waals surface area contributed by atoms with Crippen molar-refractivity contribution in [2.75, 3.05) is 6.54 Å². The van der Waals surface area contributed by atoms with E-state index in [0.717, 1.165) is 0 Å². The molecule has 2 rings (SSSR count). The number of rotatable bonds is 5. The predicted octanol–water partition coefficient (Wildman–Crippen LogP) is 3.69. The fraction of sp³-hybridized carbons (Fsp3) is 0.588. The number of pyridine rings is 1. The maximum Gasteiger partial charge on any atom is 0.391 e. The van der Waals surface area contributed by atoms with Crippen molar-refractivity contribution in [3.05, 3.63) is 30.1 Å². The molecule has 2 atom stereocenters. The van der Waals surface area contributed by atoms with Crippen LogP contribution in [0.4, 0.5) is 13.2 Å². The molecule has 0 aliphatic heterocycles. The Hall–Kier alpha value is -2.10. The van der Waals surface area contributed by atoms with E-state index in [1.54, 1.807) is 24.4 Å². The van der Waals surface area contributed by atoms with Gasteiger partial charge >= 0.3 is 6.18 Å². The number of hydrogen-bond donors (Lipinski definition) is 0. The lowest BCUT2D eigenvalue weighted by atomic mass is 9.80. The van der Waals surface area contributed by atoms with Gasteiger partial charge in [-0.05, 0) is 31.4 Å². The Balaban J connectivity index is 2.07. The molecular formula is C17H20F3N3O. The van der Waals surface area contributed by atoms with Gasteiger partial charge < -0.3 is 4.90 Å². The second-order valence-corrected chi connectivity index (χ2v) is 6.09. The maximum atomic E-state index is 13.0. The SMILES string of the molecule is N#CCCN(Cc1ccccn1)C(=O)[C@H]1CCC[C@@H](C(F)(F)F)C1. The van der Waals surface area contributed by atoms with Gasteiger partial charge in [0.1, 0.15) is 0 Å². The summed E-state index contributed by atoms with van der Waals surface area (Å²) in [6.45, 7) is 0.424. The summed E-state index contributed by atoms with van der Waals surface area (Å²) in [7, 11) is 0. The Morgan fingerprint density at radius 1 is 1.38 bits per heavy atom.